The van der Waals surface area contributed by atoms with Crippen LogP contribution in [0.5, 0.6) is 0 Å². The molecule has 8 nitrogen and oxygen atoms in total. The van der Waals surface area contributed by atoms with Crippen molar-refractivity contribution in [2.45, 2.75) is 0 Å². The molecule has 0 aliphatic carbocycles. The SMILES string of the molecule is COC(=O)c1nc2c([nH]1)c(=O)n(C)c(=O)n2C. The molecule has 0 saturated carbocycles. The van der Waals surface area contributed by atoms with Crippen molar-refractivity contribution < 1.29 is 9.53 Å². The Bertz CT molecular complexity index is 721. The van der Waals surface area contributed by atoms with Gasteiger partial charge in [0.25, 0.3) is 5.56 Å². The van der Waals surface area contributed by atoms with E-state index in [1.165, 1.54) is 25.8 Å². The number of ether oxygens (including phenoxy) is 1. The third kappa shape index (κ3) is 1.45. The van der Waals surface area contributed by atoms with Gasteiger partial charge in [-0.15, -0.1) is 0 Å². The van der Waals surface area contributed by atoms with E-state index in [1.54, 1.807) is 0 Å². The molecule has 2 heterocycles. The second-order valence-electron chi connectivity index (χ2n) is 3.48. The average molecular weight is 238 g/mol. The van der Waals surface area contributed by atoms with Gasteiger partial charge < -0.3 is 9.72 Å². The minimum atomic E-state index is -0.698. The van der Waals surface area contributed by atoms with E-state index in [4.69, 9.17) is 0 Å². The van der Waals surface area contributed by atoms with Gasteiger partial charge in [-0.1, -0.05) is 0 Å². The number of carbonyl (C=O) groups excluding carboxylic acids is 1. The lowest BCUT2D eigenvalue weighted by Gasteiger charge is -2.00. The first-order valence-corrected chi connectivity index (χ1v) is 4.71. The summed E-state index contributed by atoms with van der Waals surface area (Å²) in [5, 5.41) is 0. The Hall–Kier alpha value is -2.38. The van der Waals surface area contributed by atoms with Crippen molar-refractivity contribution in [3.63, 3.8) is 0 Å². The van der Waals surface area contributed by atoms with Crippen LogP contribution in [0, 0.1) is 0 Å². The lowest BCUT2D eigenvalue weighted by molar-refractivity contribution is 0.0588. The van der Waals surface area contributed by atoms with Crippen molar-refractivity contribution in [1.29, 1.82) is 0 Å². The van der Waals surface area contributed by atoms with E-state index in [2.05, 4.69) is 14.7 Å². The number of nitrogens with zero attached hydrogens (tertiary/aromatic N) is 3. The van der Waals surface area contributed by atoms with Gasteiger partial charge in [0.2, 0.25) is 5.82 Å². The molecule has 0 amide bonds. The van der Waals surface area contributed by atoms with Crippen LogP contribution in [0.2, 0.25) is 0 Å². The second-order valence-corrected chi connectivity index (χ2v) is 3.48. The maximum atomic E-state index is 11.8. The quantitative estimate of drug-likeness (QED) is 0.625. The molecule has 0 bridgehead atoms. The highest BCUT2D eigenvalue weighted by atomic mass is 16.5. The number of aromatic nitrogens is 4. The summed E-state index contributed by atoms with van der Waals surface area (Å²) in [5.74, 6) is -0.809. The zero-order valence-electron chi connectivity index (χ0n) is 9.47. The highest BCUT2D eigenvalue weighted by molar-refractivity contribution is 5.89. The Kier molecular flexibility index (Phi) is 2.34. The first-order chi connectivity index (χ1) is 7.97. The molecule has 0 radical (unpaired) electrons. The molecule has 90 valence electrons. The Morgan fingerprint density at radius 1 is 1.29 bits per heavy atom. The van der Waals surface area contributed by atoms with Crippen LogP contribution in [0.1, 0.15) is 10.6 Å². The molecule has 1 N–H and O–H groups in total. The summed E-state index contributed by atoms with van der Waals surface area (Å²) in [4.78, 5) is 41.0. The van der Waals surface area contributed by atoms with Crippen molar-refractivity contribution in [3.8, 4) is 0 Å². The predicted molar refractivity (Wildman–Crippen MR) is 57.9 cm³/mol. The van der Waals surface area contributed by atoms with Gasteiger partial charge in [-0.2, -0.15) is 0 Å². The van der Waals surface area contributed by atoms with Crippen molar-refractivity contribution in [2.24, 2.45) is 14.1 Å². The number of nitrogens with one attached hydrogen (secondary N) is 1. The van der Waals surface area contributed by atoms with Crippen LogP contribution in [0.4, 0.5) is 0 Å². The Morgan fingerprint density at radius 2 is 1.94 bits per heavy atom. The number of methoxy groups -OCH3 is 1. The number of aryl methyl sites for hydroxylation is 1. The van der Waals surface area contributed by atoms with Gasteiger partial charge in [0.1, 0.15) is 0 Å². The summed E-state index contributed by atoms with van der Waals surface area (Å²) in [6.07, 6.45) is 0. The fourth-order valence-corrected chi connectivity index (χ4v) is 1.52. The number of imidazole rings is 1. The topological polar surface area (TPSA) is 99.0 Å². The number of esters is 1. The number of fused-ring (bicyclic) bond motifs is 1. The Balaban J connectivity index is 2.91. The van der Waals surface area contributed by atoms with Gasteiger partial charge in [0, 0.05) is 14.1 Å². The highest BCUT2D eigenvalue weighted by Crippen LogP contribution is 2.04. The zero-order chi connectivity index (χ0) is 12.7. The minimum absolute atomic E-state index is 0.0926. The largest absolute Gasteiger partial charge is 0.463 e. The second kappa shape index (κ2) is 3.58. The summed E-state index contributed by atoms with van der Waals surface area (Å²) >= 11 is 0. The molecule has 2 rings (SSSR count). The van der Waals surface area contributed by atoms with Crippen molar-refractivity contribution >= 4 is 17.1 Å². The van der Waals surface area contributed by atoms with Gasteiger partial charge in [-0.3, -0.25) is 13.9 Å². The highest BCUT2D eigenvalue weighted by Gasteiger charge is 2.17. The van der Waals surface area contributed by atoms with E-state index >= 15 is 0 Å². The maximum Gasteiger partial charge on any atom is 0.374 e. The molecule has 2 aromatic rings. The molecule has 2 aromatic heterocycles. The van der Waals surface area contributed by atoms with E-state index < -0.39 is 17.2 Å². The molecule has 8 heteroatoms. The molecule has 0 spiro atoms. The van der Waals surface area contributed by atoms with Crippen LogP contribution in [-0.2, 0) is 18.8 Å². The third-order valence-corrected chi connectivity index (χ3v) is 2.47. The van der Waals surface area contributed by atoms with E-state index in [0.29, 0.717) is 0 Å². The van der Waals surface area contributed by atoms with Crippen molar-refractivity contribution in [1.82, 2.24) is 19.1 Å². The maximum absolute atomic E-state index is 11.8. The molecule has 0 unspecified atom stereocenters. The summed E-state index contributed by atoms with van der Waals surface area (Å²) in [5.41, 5.74) is -0.829. The van der Waals surface area contributed by atoms with Crippen LogP contribution in [0.25, 0.3) is 11.2 Å². The number of hydrogen-bond donors (Lipinski definition) is 1. The predicted octanol–water partition coefficient (Wildman–Crippen LogP) is -1.25. The average Bonchev–Trinajstić information content (AvgIpc) is 2.77. The normalized spacial score (nSPS) is 10.8. The monoisotopic (exact) mass is 238 g/mol. The first kappa shape index (κ1) is 11.1. The fraction of sp³-hybridized carbons (Fsp3) is 0.333. The van der Waals surface area contributed by atoms with Gasteiger partial charge in [-0.25, -0.2) is 14.6 Å². The molecular formula is C9H10N4O4. The van der Waals surface area contributed by atoms with Crippen LogP contribution >= 0.6 is 0 Å². The third-order valence-electron chi connectivity index (χ3n) is 2.47. The van der Waals surface area contributed by atoms with E-state index in [-0.39, 0.29) is 17.0 Å². The molecule has 0 fully saturated rings. The summed E-state index contributed by atoms with van der Waals surface area (Å²) < 4.78 is 6.59. The number of H-pyrrole nitrogens is 1. The summed E-state index contributed by atoms with van der Waals surface area (Å²) in [7, 11) is 4.02. The van der Waals surface area contributed by atoms with Crippen molar-refractivity contribution in [3.05, 3.63) is 26.7 Å². The van der Waals surface area contributed by atoms with Crippen molar-refractivity contribution in [2.75, 3.05) is 7.11 Å². The smallest absolute Gasteiger partial charge is 0.374 e. The lowest BCUT2D eigenvalue weighted by atomic mass is 10.5. The zero-order valence-corrected chi connectivity index (χ0v) is 9.47. The number of aromatic amines is 1. The number of rotatable bonds is 1. The molecular weight excluding hydrogens is 228 g/mol. The number of hydrogen-bond acceptors (Lipinski definition) is 5. The standard InChI is InChI=1S/C9H10N4O4/c1-12-6-4(7(14)13(2)9(12)16)10-5(11-6)8(15)17-3/h1-3H3,(H,10,11). The van der Waals surface area contributed by atoms with E-state index in [9.17, 15) is 14.4 Å². The molecule has 0 aromatic carbocycles. The van der Waals surface area contributed by atoms with E-state index in [0.717, 1.165) is 4.57 Å². The van der Waals surface area contributed by atoms with Gasteiger partial charge in [0.05, 0.1) is 7.11 Å². The summed E-state index contributed by atoms with van der Waals surface area (Å²) in [6, 6.07) is 0. The van der Waals surface area contributed by atoms with Crippen LogP contribution in [-0.4, -0.2) is 32.2 Å². The fourth-order valence-electron chi connectivity index (χ4n) is 1.52. The Morgan fingerprint density at radius 3 is 2.53 bits per heavy atom. The van der Waals surface area contributed by atoms with Gasteiger partial charge >= 0.3 is 11.7 Å². The van der Waals surface area contributed by atoms with Crippen LogP contribution in [0.15, 0.2) is 9.59 Å². The number of carbonyl (C=O) groups is 1. The van der Waals surface area contributed by atoms with E-state index in [1.807, 2.05) is 0 Å². The molecule has 0 atom stereocenters. The van der Waals surface area contributed by atoms with Gasteiger partial charge in [0.15, 0.2) is 11.2 Å². The molecule has 0 saturated heterocycles. The van der Waals surface area contributed by atoms with Crippen LogP contribution < -0.4 is 11.2 Å². The lowest BCUT2D eigenvalue weighted by Crippen LogP contribution is -2.36. The summed E-state index contributed by atoms with van der Waals surface area (Å²) in [6.45, 7) is 0. The van der Waals surface area contributed by atoms with Crippen LogP contribution in [0.3, 0.4) is 0 Å². The minimum Gasteiger partial charge on any atom is -0.463 e. The first-order valence-electron chi connectivity index (χ1n) is 4.71. The molecule has 17 heavy (non-hydrogen) atoms. The van der Waals surface area contributed by atoms with Gasteiger partial charge in [-0.05, 0) is 0 Å². The molecule has 0 aliphatic heterocycles. The molecule has 0 aliphatic rings. The Labute approximate surface area is 94.5 Å².